The summed E-state index contributed by atoms with van der Waals surface area (Å²) in [5.41, 5.74) is 2.71. The summed E-state index contributed by atoms with van der Waals surface area (Å²) in [6.45, 7) is 1.71. The van der Waals surface area contributed by atoms with E-state index in [0.717, 1.165) is 5.56 Å². The van der Waals surface area contributed by atoms with Gasteiger partial charge in [-0.15, -0.1) is 0 Å². The van der Waals surface area contributed by atoms with Crippen LogP contribution in [-0.4, -0.2) is 42.2 Å². The number of aromatic nitrogens is 2. The van der Waals surface area contributed by atoms with Crippen molar-refractivity contribution in [3.05, 3.63) is 77.0 Å². The average Bonchev–Trinajstić information content (AvgIpc) is 3.23. The molecule has 0 spiro atoms. The van der Waals surface area contributed by atoms with E-state index in [1.54, 1.807) is 13.0 Å². The van der Waals surface area contributed by atoms with Crippen LogP contribution >= 0.6 is 0 Å². The Kier molecular flexibility index (Phi) is 5.86. The molecule has 4 aromatic rings. The number of nitrogens with one attached hydrogen (secondary N) is 1. The Bertz CT molecular complexity index is 1340. The van der Waals surface area contributed by atoms with Gasteiger partial charge in [0.25, 0.3) is 11.6 Å². The molecule has 0 aliphatic heterocycles. The second kappa shape index (κ2) is 8.91. The Labute approximate surface area is 188 Å². The Balaban J connectivity index is 1.79. The fourth-order valence-electron chi connectivity index (χ4n) is 3.40. The zero-order valence-electron chi connectivity index (χ0n) is 18.0. The predicted octanol–water partition coefficient (Wildman–Crippen LogP) is 4.02. The number of hydrogen-bond donors (Lipinski definition) is 1. The van der Waals surface area contributed by atoms with Gasteiger partial charge >= 0.3 is 11.9 Å². The van der Waals surface area contributed by atoms with Crippen LogP contribution in [0, 0.1) is 6.92 Å². The molecule has 1 N–H and O–H groups in total. The lowest BCUT2D eigenvalue weighted by molar-refractivity contribution is 0.0599. The van der Waals surface area contributed by atoms with E-state index in [4.69, 9.17) is 14.0 Å². The number of ether oxygens (including phenoxy) is 2. The highest BCUT2D eigenvalue weighted by molar-refractivity contribution is 6.13. The monoisotopic (exact) mass is 445 g/mol. The van der Waals surface area contributed by atoms with Gasteiger partial charge in [0.05, 0.1) is 47.7 Å². The lowest BCUT2D eigenvalue weighted by Gasteiger charge is -2.11. The first-order chi connectivity index (χ1) is 15.9. The maximum atomic E-state index is 13.3. The zero-order chi connectivity index (χ0) is 23.5. The molecule has 9 nitrogen and oxygen atoms in total. The summed E-state index contributed by atoms with van der Waals surface area (Å²) >= 11 is 0. The molecule has 166 valence electrons. The molecule has 0 atom stereocenters. The van der Waals surface area contributed by atoms with Crippen molar-refractivity contribution in [3.8, 4) is 11.3 Å². The fourth-order valence-corrected chi connectivity index (χ4v) is 3.40. The number of anilines is 1. The number of methoxy groups -OCH3 is 2. The molecule has 4 rings (SSSR count). The van der Waals surface area contributed by atoms with Gasteiger partial charge in [0.2, 0.25) is 0 Å². The highest BCUT2D eigenvalue weighted by Gasteiger charge is 2.21. The van der Waals surface area contributed by atoms with Gasteiger partial charge in [-0.1, -0.05) is 35.5 Å². The summed E-state index contributed by atoms with van der Waals surface area (Å²) in [4.78, 5) is 41.9. The number of esters is 2. The maximum Gasteiger partial charge on any atom is 0.337 e. The highest BCUT2D eigenvalue weighted by Crippen LogP contribution is 2.28. The minimum Gasteiger partial charge on any atom is -0.465 e. The summed E-state index contributed by atoms with van der Waals surface area (Å²) in [6.07, 6.45) is 0. The fraction of sp³-hybridized carbons (Fsp3) is 0.125. The van der Waals surface area contributed by atoms with E-state index >= 15 is 0 Å². The Hall–Kier alpha value is -4.53. The minimum atomic E-state index is -0.663. The van der Waals surface area contributed by atoms with Gasteiger partial charge in [-0.3, -0.25) is 4.79 Å². The molecule has 2 heterocycles. The molecule has 33 heavy (non-hydrogen) atoms. The lowest BCUT2D eigenvalue weighted by Crippen LogP contribution is -2.15. The molecule has 2 aromatic heterocycles. The molecule has 0 bridgehead atoms. The number of nitrogens with zero attached hydrogens (tertiary/aromatic N) is 2. The average molecular weight is 445 g/mol. The largest absolute Gasteiger partial charge is 0.465 e. The van der Waals surface area contributed by atoms with Crippen LogP contribution in [0.1, 0.15) is 36.8 Å². The number of benzene rings is 2. The highest BCUT2D eigenvalue weighted by atomic mass is 16.5. The van der Waals surface area contributed by atoms with Crippen LogP contribution in [0.2, 0.25) is 0 Å². The number of amides is 1. The number of rotatable bonds is 5. The van der Waals surface area contributed by atoms with Crippen LogP contribution < -0.4 is 5.32 Å². The van der Waals surface area contributed by atoms with E-state index in [1.807, 2.05) is 30.3 Å². The van der Waals surface area contributed by atoms with E-state index in [9.17, 15) is 14.4 Å². The molecular weight excluding hydrogens is 426 g/mol. The molecule has 0 saturated heterocycles. The van der Waals surface area contributed by atoms with Crippen LogP contribution in [0.3, 0.4) is 0 Å². The third-order valence-corrected chi connectivity index (χ3v) is 4.96. The molecule has 0 fully saturated rings. The van der Waals surface area contributed by atoms with Crippen molar-refractivity contribution in [2.75, 3.05) is 19.5 Å². The summed E-state index contributed by atoms with van der Waals surface area (Å²) in [7, 11) is 2.44. The minimum absolute atomic E-state index is 0.0849. The molecule has 0 unspecified atom stereocenters. The van der Waals surface area contributed by atoms with Crippen molar-refractivity contribution in [1.82, 2.24) is 10.1 Å². The van der Waals surface area contributed by atoms with Gasteiger partial charge in [0.1, 0.15) is 0 Å². The van der Waals surface area contributed by atoms with Crippen molar-refractivity contribution in [2.45, 2.75) is 6.92 Å². The standard InChI is InChI=1S/C24H19N3O6/c1-13-20-18(12-19(26-22(20)33-27-13)14-7-5-4-6-8-14)21(28)25-17-10-15(23(29)31-2)9-16(11-17)24(30)32-3/h4-12H,1-3H3,(H,25,28). The van der Waals surface area contributed by atoms with Crippen molar-refractivity contribution in [2.24, 2.45) is 0 Å². The normalized spacial score (nSPS) is 10.6. The second-order valence-corrected chi connectivity index (χ2v) is 7.11. The molecule has 9 heteroatoms. The Morgan fingerprint density at radius 2 is 1.55 bits per heavy atom. The molecule has 2 aromatic carbocycles. The number of carbonyl (C=O) groups is 3. The van der Waals surface area contributed by atoms with Crippen LogP contribution in [0.5, 0.6) is 0 Å². The van der Waals surface area contributed by atoms with Crippen molar-refractivity contribution >= 4 is 34.6 Å². The van der Waals surface area contributed by atoms with Gasteiger partial charge in [0, 0.05) is 11.3 Å². The van der Waals surface area contributed by atoms with E-state index in [0.29, 0.717) is 16.8 Å². The third kappa shape index (κ3) is 4.29. The second-order valence-electron chi connectivity index (χ2n) is 7.11. The summed E-state index contributed by atoms with van der Waals surface area (Å²) < 4.78 is 14.8. The van der Waals surface area contributed by atoms with Gasteiger partial charge in [-0.2, -0.15) is 0 Å². The summed E-state index contributed by atoms with van der Waals surface area (Å²) in [5, 5.41) is 7.13. The van der Waals surface area contributed by atoms with E-state index in [2.05, 4.69) is 15.5 Å². The quantitative estimate of drug-likeness (QED) is 0.457. The molecule has 0 aliphatic rings. The van der Waals surface area contributed by atoms with Crippen LogP contribution in [0.25, 0.3) is 22.4 Å². The number of aryl methyl sites for hydroxylation is 1. The molecule has 0 radical (unpaired) electrons. The first-order valence-corrected chi connectivity index (χ1v) is 9.86. The van der Waals surface area contributed by atoms with Crippen LogP contribution in [0.15, 0.2) is 59.1 Å². The predicted molar refractivity (Wildman–Crippen MR) is 119 cm³/mol. The topological polar surface area (TPSA) is 121 Å². The number of hydrogen-bond acceptors (Lipinski definition) is 8. The van der Waals surface area contributed by atoms with Crippen molar-refractivity contribution in [1.29, 1.82) is 0 Å². The van der Waals surface area contributed by atoms with E-state index in [1.165, 1.54) is 32.4 Å². The van der Waals surface area contributed by atoms with Gasteiger partial charge in [-0.25, -0.2) is 14.6 Å². The Morgan fingerprint density at radius 3 is 2.15 bits per heavy atom. The van der Waals surface area contributed by atoms with E-state index in [-0.39, 0.29) is 28.1 Å². The van der Waals surface area contributed by atoms with Crippen molar-refractivity contribution in [3.63, 3.8) is 0 Å². The number of carbonyl (C=O) groups excluding carboxylic acids is 3. The maximum absolute atomic E-state index is 13.3. The van der Waals surface area contributed by atoms with Gasteiger partial charge in [-0.05, 0) is 31.2 Å². The summed E-state index contributed by atoms with van der Waals surface area (Å²) in [6, 6.07) is 15.1. The van der Waals surface area contributed by atoms with E-state index < -0.39 is 17.8 Å². The summed E-state index contributed by atoms with van der Waals surface area (Å²) in [5.74, 6) is -1.82. The first-order valence-electron chi connectivity index (χ1n) is 9.86. The van der Waals surface area contributed by atoms with Gasteiger partial charge < -0.3 is 19.3 Å². The zero-order valence-corrected chi connectivity index (χ0v) is 18.0. The molecular formula is C24H19N3O6. The Morgan fingerprint density at radius 1 is 0.909 bits per heavy atom. The van der Waals surface area contributed by atoms with Gasteiger partial charge in [0.15, 0.2) is 0 Å². The smallest absolute Gasteiger partial charge is 0.337 e. The molecule has 1 amide bonds. The lowest BCUT2D eigenvalue weighted by atomic mass is 10.0. The first kappa shape index (κ1) is 21.7. The number of pyridine rings is 1. The molecule has 0 saturated carbocycles. The number of fused-ring (bicyclic) bond motifs is 1. The van der Waals surface area contributed by atoms with Crippen molar-refractivity contribution < 1.29 is 28.4 Å². The van der Waals surface area contributed by atoms with Crippen LogP contribution in [-0.2, 0) is 9.47 Å². The SMILES string of the molecule is COC(=O)c1cc(NC(=O)c2cc(-c3ccccc3)nc3onc(C)c23)cc(C(=O)OC)c1. The molecule has 0 aliphatic carbocycles. The third-order valence-electron chi connectivity index (χ3n) is 4.96. The van der Waals surface area contributed by atoms with Crippen LogP contribution in [0.4, 0.5) is 5.69 Å².